The van der Waals surface area contributed by atoms with Crippen LogP contribution in [0.3, 0.4) is 0 Å². The Bertz CT molecular complexity index is 517. The van der Waals surface area contributed by atoms with E-state index in [-0.39, 0.29) is 17.4 Å². The zero-order valence-electron chi connectivity index (χ0n) is 11.6. The van der Waals surface area contributed by atoms with Gasteiger partial charge in [-0.05, 0) is 36.5 Å². The van der Waals surface area contributed by atoms with E-state index in [2.05, 4.69) is 5.32 Å². The average molecular weight is 277 g/mol. The summed E-state index contributed by atoms with van der Waals surface area (Å²) in [4.78, 5) is 22.8. The molecule has 0 unspecified atom stereocenters. The number of aromatic carboxylic acids is 1. The highest BCUT2D eigenvalue weighted by molar-refractivity contribution is 5.87. The van der Waals surface area contributed by atoms with Crippen LogP contribution in [-0.2, 0) is 10.3 Å². The van der Waals surface area contributed by atoms with Crippen LogP contribution in [-0.4, -0.2) is 28.2 Å². The number of benzene rings is 1. The molecule has 5 nitrogen and oxygen atoms in total. The fraction of sp³-hybridized carbons (Fsp3) is 0.467. The lowest BCUT2D eigenvalue weighted by Crippen LogP contribution is -2.43. The molecule has 108 valence electrons. The second kappa shape index (κ2) is 5.25. The smallest absolute Gasteiger partial charge is 0.335 e. The lowest BCUT2D eigenvalue weighted by atomic mass is 10.0. The number of carbonyl (C=O) groups is 2. The number of hydrogen-bond acceptors (Lipinski definition) is 3. The Morgan fingerprint density at radius 1 is 1.20 bits per heavy atom. The summed E-state index contributed by atoms with van der Waals surface area (Å²) in [6.45, 7) is 3.57. The van der Waals surface area contributed by atoms with E-state index in [1.54, 1.807) is 26.0 Å². The maximum absolute atomic E-state index is 11.9. The molecular formula is C15H19NO4. The van der Waals surface area contributed by atoms with Crippen molar-refractivity contribution in [2.24, 2.45) is 5.92 Å². The van der Waals surface area contributed by atoms with Crippen LogP contribution in [0.25, 0.3) is 0 Å². The number of hydrogen-bond donors (Lipinski definition) is 3. The van der Waals surface area contributed by atoms with Crippen LogP contribution < -0.4 is 5.32 Å². The maximum Gasteiger partial charge on any atom is 0.335 e. The number of nitrogens with one attached hydrogen (secondary N) is 1. The van der Waals surface area contributed by atoms with Crippen molar-refractivity contribution in [3.05, 3.63) is 35.4 Å². The van der Waals surface area contributed by atoms with E-state index in [4.69, 9.17) is 5.11 Å². The molecule has 1 aliphatic rings. The zero-order chi connectivity index (χ0) is 14.9. The highest BCUT2D eigenvalue weighted by Gasteiger charge is 2.46. The molecule has 2 rings (SSSR count). The number of rotatable bonds is 5. The number of aliphatic hydroxyl groups excluding tert-OH is 1. The monoisotopic (exact) mass is 277 g/mol. The third kappa shape index (κ3) is 2.82. The molecule has 5 heteroatoms. The second-order valence-electron chi connectivity index (χ2n) is 5.64. The summed E-state index contributed by atoms with van der Waals surface area (Å²) < 4.78 is 0. The normalized spacial score (nSPS) is 17.6. The van der Waals surface area contributed by atoms with E-state index < -0.39 is 17.6 Å². The number of carboxylic acids is 1. The standard InChI is InChI=1S/C15H19NO4/c1-9(2)12(17)13(18)16-15(7-8-15)11-5-3-10(4-6-11)14(19)20/h3-6,9,12,17H,7-8H2,1-2H3,(H,16,18)(H,19,20)/t12-/m1/s1. The molecule has 1 aromatic rings. The summed E-state index contributed by atoms with van der Waals surface area (Å²) in [5, 5.41) is 21.5. The minimum atomic E-state index is -1.02. The molecule has 0 heterocycles. The summed E-state index contributed by atoms with van der Waals surface area (Å²) in [6, 6.07) is 6.50. The van der Waals surface area contributed by atoms with Gasteiger partial charge in [0.05, 0.1) is 11.1 Å². The Morgan fingerprint density at radius 2 is 1.75 bits per heavy atom. The van der Waals surface area contributed by atoms with Crippen molar-refractivity contribution >= 4 is 11.9 Å². The largest absolute Gasteiger partial charge is 0.478 e. The molecule has 1 atom stereocenters. The summed E-state index contributed by atoms with van der Waals surface area (Å²) in [5.41, 5.74) is 0.661. The van der Waals surface area contributed by atoms with Gasteiger partial charge in [0.1, 0.15) is 6.10 Å². The predicted octanol–water partition coefficient (Wildman–Crippen LogP) is 1.51. The summed E-state index contributed by atoms with van der Waals surface area (Å²) in [6.07, 6.45) is 0.581. The number of amides is 1. The molecule has 0 aliphatic heterocycles. The van der Waals surface area contributed by atoms with Gasteiger partial charge in [-0.15, -0.1) is 0 Å². The molecule has 1 fully saturated rings. The zero-order valence-corrected chi connectivity index (χ0v) is 11.6. The molecule has 1 aromatic carbocycles. The van der Waals surface area contributed by atoms with Crippen molar-refractivity contribution < 1.29 is 19.8 Å². The van der Waals surface area contributed by atoms with Crippen LogP contribution in [0.1, 0.15) is 42.6 Å². The van der Waals surface area contributed by atoms with E-state index >= 15 is 0 Å². The van der Waals surface area contributed by atoms with Crippen LogP contribution in [0, 0.1) is 5.92 Å². The Balaban J connectivity index is 2.11. The van der Waals surface area contributed by atoms with Crippen molar-refractivity contribution in [1.29, 1.82) is 0 Å². The first-order chi connectivity index (χ1) is 9.35. The van der Waals surface area contributed by atoms with Crippen molar-refractivity contribution in [2.45, 2.75) is 38.3 Å². The van der Waals surface area contributed by atoms with Gasteiger partial charge in [0, 0.05) is 0 Å². The average Bonchev–Trinajstić information content (AvgIpc) is 3.18. The Hall–Kier alpha value is -1.88. The highest BCUT2D eigenvalue weighted by Crippen LogP contribution is 2.45. The fourth-order valence-electron chi connectivity index (χ4n) is 2.16. The molecule has 1 saturated carbocycles. The van der Waals surface area contributed by atoms with Gasteiger partial charge in [-0.2, -0.15) is 0 Å². The van der Waals surface area contributed by atoms with Gasteiger partial charge in [-0.1, -0.05) is 26.0 Å². The van der Waals surface area contributed by atoms with E-state index in [1.165, 1.54) is 12.1 Å². The van der Waals surface area contributed by atoms with Crippen LogP contribution >= 0.6 is 0 Å². The minimum Gasteiger partial charge on any atom is -0.478 e. The predicted molar refractivity (Wildman–Crippen MR) is 73.3 cm³/mol. The van der Waals surface area contributed by atoms with Gasteiger partial charge >= 0.3 is 5.97 Å². The lowest BCUT2D eigenvalue weighted by molar-refractivity contribution is -0.132. The Morgan fingerprint density at radius 3 is 2.15 bits per heavy atom. The van der Waals surface area contributed by atoms with Gasteiger partial charge in [-0.25, -0.2) is 4.79 Å². The van der Waals surface area contributed by atoms with Crippen molar-refractivity contribution in [3.63, 3.8) is 0 Å². The van der Waals surface area contributed by atoms with E-state index in [1.807, 2.05) is 0 Å². The first kappa shape index (κ1) is 14.5. The number of carboxylic acid groups (broad SMARTS) is 1. The van der Waals surface area contributed by atoms with Gasteiger partial charge in [-0.3, -0.25) is 4.79 Å². The maximum atomic E-state index is 11.9. The molecule has 3 N–H and O–H groups in total. The molecule has 0 bridgehead atoms. The first-order valence-corrected chi connectivity index (χ1v) is 6.70. The Kier molecular flexibility index (Phi) is 3.81. The van der Waals surface area contributed by atoms with Crippen LogP contribution in [0.15, 0.2) is 24.3 Å². The van der Waals surface area contributed by atoms with Crippen molar-refractivity contribution in [3.8, 4) is 0 Å². The van der Waals surface area contributed by atoms with Gasteiger partial charge < -0.3 is 15.5 Å². The molecule has 0 radical (unpaired) electrons. The summed E-state index contributed by atoms with van der Waals surface area (Å²) in [5.74, 6) is -1.49. The topological polar surface area (TPSA) is 86.6 Å². The number of aliphatic hydroxyl groups is 1. The third-order valence-corrected chi connectivity index (χ3v) is 3.70. The molecule has 1 aliphatic carbocycles. The summed E-state index contributed by atoms with van der Waals surface area (Å²) >= 11 is 0. The molecule has 0 aromatic heterocycles. The lowest BCUT2D eigenvalue weighted by Gasteiger charge is -2.22. The van der Waals surface area contributed by atoms with Crippen LogP contribution in [0.4, 0.5) is 0 Å². The van der Waals surface area contributed by atoms with Gasteiger partial charge in [0.25, 0.3) is 0 Å². The molecule has 0 spiro atoms. The quantitative estimate of drug-likeness (QED) is 0.761. The fourth-order valence-corrected chi connectivity index (χ4v) is 2.16. The highest BCUT2D eigenvalue weighted by atomic mass is 16.4. The molecular weight excluding hydrogens is 258 g/mol. The molecule has 20 heavy (non-hydrogen) atoms. The van der Waals surface area contributed by atoms with Crippen molar-refractivity contribution in [2.75, 3.05) is 0 Å². The van der Waals surface area contributed by atoms with Crippen LogP contribution in [0.2, 0.25) is 0 Å². The molecule has 1 amide bonds. The number of carbonyl (C=O) groups excluding carboxylic acids is 1. The van der Waals surface area contributed by atoms with Crippen LogP contribution in [0.5, 0.6) is 0 Å². The van der Waals surface area contributed by atoms with E-state index in [0.717, 1.165) is 18.4 Å². The third-order valence-electron chi connectivity index (χ3n) is 3.70. The Labute approximate surface area is 117 Å². The van der Waals surface area contributed by atoms with Crippen molar-refractivity contribution in [1.82, 2.24) is 5.32 Å². The van der Waals surface area contributed by atoms with E-state index in [9.17, 15) is 14.7 Å². The summed E-state index contributed by atoms with van der Waals surface area (Å²) in [7, 11) is 0. The van der Waals surface area contributed by atoms with Gasteiger partial charge in [0.2, 0.25) is 5.91 Å². The second-order valence-corrected chi connectivity index (χ2v) is 5.64. The first-order valence-electron chi connectivity index (χ1n) is 6.70. The van der Waals surface area contributed by atoms with E-state index in [0.29, 0.717) is 0 Å². The SMILES string of the molecule is CC(C)[C@@H](O)C(=O)NC1(c2ccc(C(=O)O)cc2)CC1. The minimum absolute atomic E-state index is 0.139. The van der Waals surface area contributed by atoms with Gasteiger partial charge in [0.15, 0.2) is 0 Å². The molecule has 0 saturated heterocycles.